The van der Waals surface area contributed by atoms with Crippen molar-refractivity contribution >= 4 is 23.0 Å². The summed E-state index contributed by atoms with van der Waals surface area (Å²) in [6.45, 7) is 9.17. The third-order valence-electron chi connectivity index (χ3n) is 5.36. The van der Waals surface area contributed by atoms with E-state index in [4.69, 9.17) is 13.9 Å². The van der Waals surface area contributed by atoms with E-state index in [0.29, 0.717) is 46.0 Å². The van der Waals surface area contributed by atoms with Gasteiger partial charge in [-0.2, -0.15) is 0 Å². The Bertz CT molecular complexity index is 1370. The number of carbonyl (C=O) groups is 1. The maximum atomic E-state index is 13.1. The van der Waals surface area contributed by atoms with Crippen LogP contribution in [0.3, 0.4) is 0 Å². The number of phenols is 1. The molecule has 0 radical (unpaired) electrons. The van der Waals surface area contributed by atoms with E-state index in [9.17, 15) is 14.7 Å². The number of phenolic OH excluding ortho intramolecular Hbond substituents is 1. The average molecular weight is 446 g/mol. The minimum Gasteiger partial charge on any atom is -0.506 e. The van der Waals surface area contributed by atoms with Crippen molar-refractivity contribution < 1.29 is 23.8 Å². The van der Waals surface area contributed by atoms with Gasteiger partial charge >= 0.3 is 5.97 Å². The van der Waals surface area contributed by atoms with E-state index in [-0.39, 0.29) is 16.6 Å². The smallest absolute Gasteiger partial charge is 0.308 e. The lowest BCUT2D eigenvalue weighted by molar-refractivity contribution is -0.131. The van der Waals surface area contributed by atoms with Crippen LogP contribution in [-0.2, 0) is 11.2 Å². The van der Waals surface area contributed by atoms with Crippen LogP contribution >= 0.6 is 0 Å². The van der Waals surface area contributed by atoms with Gasteiger partial charge in [0.2, 0.25) is 0 Å². The van der Waals surface area contributed by atoms with Crippen LogP contribution in [-0.4, -0.2) is 16.7 Å². The Hall–Kier alpha value is -3.80. The minimum absolute atomic E-state index is 0.124. The quantitative estimate of drug-likeness (QED) is 0.310. The van der Waals surface area contributed by atoms with Gasteiger partial charge in [0, 0.05) is 24.1 Å². The summed E-state index contributed by atoms with van der Waals surface area (Å²) in [7, 11) is 0. The van der Waals surface area contributed by atoms with Crippen LogP contribution in [0.4, 0.5) is 0 Å². The molecule has 1 N–H and O–H groups in total. The summed E-state index contributed by atoms with van der Waals surface area (Å²) in [5.74, 6) is 0.674. The van der Waals surface area contributed by atoms with Gasteiger partial charge in [-0.1, -0.05) is 11.6 Å². The number of allylic oxidation sites excluding steroid dienone is 2. The lowest BCUT2D eigenvalue weighted by Crippen LogP contribution is -2.28. The molecular weight excluding hydrogens is 420 g/mol. The monoisotopic (exact) mass is 446 g/mol. The highest BCUT2D eigenvalue weighted by Crippen LogP contribution is 2.45. The van der Waals surface area contributed by atoms with Crippen LogP contribution in [0.5, 0.6) is 17.2 Å². The van der Waals surface area contributed by atoms with E-state index in [1.54, 1.807) is 30.3 Å². The summed E-state index contributed by atoms with van der Waals surface area (Å²) < 4.78 is 17.5. The number of hydrogen-bond donors (Lipinski definition) is 1. The fraction of sp³-hybridized carbons (Fsp3) is 0.259. The second-order valence-electron chi connectivity index (χ2n) is 8.89. The lowest BCUT2D eigenvalue weighted by atomic mass is 9.94. The zero-order chi connectivity index (χ0) is 23.9. The zero-order valence-corrected chi connectivity index (χ0v) is 19.3. The van der Waals surface area contributed by atoms with Gasteiger partial charge < -0.3 is 19.0 Å². The summed E-state index contributed by atoms with van der Waals surface area (Å²) >= 11 is 0. The highest BCUT2D eigenvalue weighted by atomic mass is 16.5. The predicted octanol–water partition coefficient (Wildman–Crippen LogP) is 5.78. The van der Waals surface area contributed by atoms with Crippen molar-refractivity contribution in [2.24, 2.45) is 0 Å². The molecule has 33 heavy (non-hydrogen) atoms. The Kier molecular flexibility index (Phi) is 5.62. The number of aromatic hydroxyl groups is 1. The van der Waals surface area contributed by atoms with Crippen molar-refractivity contribution in [3.8, 4) is 28.6 Å². The van der Waals surface area contributed by atoms with Crippen LogP contribution in [0, 0.1) is 0 Å². The summed E-state index contributed by atoms with van der Waals surface area (Å²) in [4.78, 5) is 24.3. The van der Waals surface area contributed by atoms with Gasteiger partial charge in [0.15, 0.2) is 5.43 Å². The first kappa shape index (κ1) is 22.4. The molecule has 2 aromatic carbocycles. The molecule has 0 aliphatic carbocycles. The van der Waals surface area contributed by atoms with E-state index in [1.807, 2.05) is 39.8 Å². The number of carbonyl (C=O) groups excluding carboxylic acids is 1. The first-order chi connectivity index (χ1) is 15.6. The molecular formula is C27H26O6. The number of rotatable bonds is 4. The molecule has 0 spiro atoms. The summed E-state index contributed by atoms with van der Waals surface area (Å²) in [6, 6.07) is 8.03. The summed E-state index contributed by atoms with van der Waals surface area (Å²) in [5.41, 5.74) is 2.29. The molecule has 2 heterocycles. The normalized spacial score (nSPS) is 13.8. The highest BCUT2D eigenvalue weighted by Gasteiger charge is 2.30. The molecule has 6 heteroatoms. The molecule has 0 bridgehead atoms. The maximum absolute atomic E-state index is 13.1. The van der Waals surface area contributed by atoms with Crippen molar-refractivity contribution in [1.29, 1.82) is 0 Å². The lowest BCUT2D eigenvalue weighted by Gasteiger charge is -2.30. The third-order valence-corrected chi connectivity index (χ3v) is 5.36. The Morgan fingerprint density at radius 3 is 2.48 bits per heavy atom. The van der Waals surface area contributed by atoms with Gasteiger partial charge in [0.05, 0.1) is 5.56 Å². The average Bonchev–Trinajstić information content (AvgIpc) is 2.72. The number of hydrogen-bond acceptors (Lipinski definition) is 6. The highest BCUT2D eigenvalue weighted by molar-refractivity contribution is 5.94. The molecule has 0 fully saturated rings. The van der Waals surface area contributed by atoms with Crippen LogP contribution in [0.25, 0.3) is 28.4 Å². The molecule has 0 amide bonds. The predicted molar refractivity (Wildman–Crippen MR) is 128 cm³/mol. The van der Waals surface area contributed by atoms with Crippen molar-refractivity contribution in [2.75, 3.05) is 0 Å². The van der Waals surface area contributed by atoms with Gasteiger partial charge in [0.25, 0.3) is 0 Å². The molecule has 4 rings (SSSR count). The van der Waals surface area contributed by atoms with E-state index < -0.39 is 11.6 Å². The molecule has 1 aromatic heterocycles. The molecule has 0 atom stereocenters. The molecule has 0 saturated carbocycles. The molecule has 6 nitrogen and oxygen atoms in total. The van der Waals surface area contributed by atoms with E-state index >= 15 is 0 Å². The molecule has 170 valence electrons. The van der Waals surface area contributed by atoms with Gasteiger partial charge in [-0.25, -0.2) is 0 Å². The van der Waals surface area contributed by atoms with E-state index in [1.165, 1.54) is 13.0 Å². The van der Waals surface area contributed by atoms with Crippen molar-refractivity contribution in [1.82, 2.24) is 0 Å². The number of benzene rings is 2. The number of esters is 1. The van der Waals surface area contributed by atoms with Crippen LogP contribution in [0.15, 0.2) is 57.3 Å². The van der Waals surface area contributed by atoms with Gasteiger partial charge in [-0.05, 0) is 70.5 Å². The molecule has 1 aliphatic heterocycles. The van der Waals surface area contributed by atoms with Crippen molar-refractivity contribution in [3.05, 3.63) is 69.4 Å². The molecule has 0 saturated heterocycles. The number of ether oxygens (including phenoxy) is 2. The minimum atomic E-state index is -0.572. The Morgan fingerprint density at radius 2 is 1.85 bits per heavy atom. The summed E-state index contributed by atoms with van der Waals surface area (Å²) in [5, 5.41) is 11.1. The van der Waals surface area contributed by atoms with Gasteiger partial charge in [-0.15, -0.1) is 0 Å². The second kappa shape index (κ2) is 8.28. The van der Waals surface area contributed by atoms with Crippen LogP contribution in [0.2, 0.25) is 0 Å². The molecule has 3 aromatic rings. The fourth-order valence-electron chi connectivity index (χ4n) is 3.78. The first-order valence-electron chi connectivity index (χ1n) is 10.7. The standard InChI is InChI=1S/C27H26O6/c1-15(2)6-11-20-25-19(12-13-27(4,5)33-25)24(30)23-21(29)14-22(32-26(20)23)17-7-9-18(10-8-17)31-16(3)28/h6-10,12-14,30H,11H2,1-5H3. The Morgan fingerprint density at radius 1 is 1.15 bits per heavy atom. The zero-order valence-electron chi connectivity index (χ0n) is 19.3. The Labute approximate surface area is 191 Å². The Balaban J connectivity index is 1.96. The summed E-state index contributed by atoms with van der Waals surface area (Å²) in [6.07, 6.45) is 6.15. The molecule has 1 aliphatic rings. The van der Waals surface area contributed by atoms with Crippen LogP contribution in [0.1, 0.15) is 45.7 Å². The van der Waals surface area contributed by atoms with Crippen LogP contribution < -0.4 is 14.9 Å². The maximum Gasteiger partial charge on any atom is 0.308 e. The fourth-order valence-corrected chi connectivity index (χ4v) is 3.78. The van der Waals surface area contributed by atoms with E-state index in [2.05, 4.69) is 0 Å². The van der Waals surface area contributed by atoms with Crippen molar-refractivity contribution in [3.63, 3.8) is 0 Å². The largest absolute Gasteiger partial charge is 0.506 e. The second-order valence-corrected chi connectivity index (χ2v) is 8.89. The van der Waals surface area contributed by atoms with Crippen molar-refractivity contribution in [2.45, 2.75) is 46.6 Å². The van der Waals surface area contributed by atoms with E-state index in [0.717, 1.165) is 5.57 Å². The first-order valence-corrected chi connectivity index (χ1v) is 10.7. The number of fused-ring (bicyclic) bond motifs is 2. The third kappa shape index (κ3) is 4.42. The van der Waals surface area contributed by atoms with Gasteiger partial charge in [0.1, 0.15) is 39.6 Å². The topological polar surface area (TPSA) is 86.0 Å². The SMILES string of the molecule is CC(=O)Oc1ccc(-c2cc(=O)c3c(O)c4c(c(CC=C(C)C)c3o2)OC(C)(C)C=C4)cc1. The van der Waals surface area contributed by atoms with Gasteiger partial charge in [-0.3, -0.25) is 9.59 Å². The molecule has 0 unspecified atom stereocenters.